The van der Waals surface area contributed by atoms with Crippen molar-refractivity contribution in [1.29, 1.82) is 0 Å². The molecule has 4 rings (SSSR count). The Morgan fingerprint density at radius 1 is 1.09 bits per heavy atom. The van der Waals surface area contributed by atoms with Gasteiger partial charge in [0.1, 0.15) is 0 Å². The van der Waals surface area contributed by atoms with E-state index in [1.54, 1.807) is 0 Å². The van der Waals surface area contributed by atoms with Gasteiger partial charge in [0.2, 0.25) is 5.91 Å². The number of benzene rings is 2. The lowest BCUT2D eigenvalue weighted by Gasteiger charge is -2.46. The maximum Gasteiger partial charge on any atom is 0.304 e. The average Bonchev–Trinajstić information content (AvgIpc) is 3.07. The number of aliphatic carboxylic acids is 1. The van der Waals surface area contributed by atoms with Crippen LogP contribution >= 0.6 is 23.2 Å². The van der Waals surface area contributed by atoms with Crippen LogP contribution in [-0.4, -0.2) is 17.0 Å². The summed E-state index contributed by atoms with van der Waals surface area (Å²) in [5, 5.41) is 14.3. The van der Waals surface area contributed by atoms with E-state index in [-0.39, 0.29) is 29.7 Å². The molecule has 33 heavy (non-hydrogen) atoms. The zero-order valence-corrected chi connectivity index (χ0v) is 20.6. The SMILES string of the molecule is CC1(C)CCCC1C[C@]1(CC(=O)O)C[C@H](c2cccc(Cl)c2)[C@@H](c2ccc(Cl)cc2)NC1=O. The van der Waals surface area contributed by atoms with E-state index >= 15 is 0 Å². The first kappa shape index (κ1) is 24.1. The Balaban J connectivity index is 1.76. The van der Waals surface area contributed by atoms with Gasteiger partial charge in [0, 0.05) is 16.0 Å². The first-order valence-electron chi connectivity index (χ1n) is 11.6. The third-order valence-corrected chi connectivity index (χ3v) is 8.38. The fourth-order valence-electron chi connectivity index (χ4n) is 6.00. The van der Waals surface area contributed by atoms with Gasteiger partial charge in [-0.2, -0.15) is 0 Å². The summed E-state index contributed by atoms with van der Waals surface area (Å²) in [5.74, 6) is -0.886. The van der Waals surface area contributed by atoms with Crippen molar-refractivity contribution in [3.05, 3.63) is 69.7 Å². The molecule has 2 aromatic carbocycles. The Labute approximate surface area is 205 Å². The maximum atomic E-state index is 13.7. The van der Waals surface area contributed by atoms with Crippen LogP contribution in [0.2, 0.25) is 10.0 Å². The van der Waals surface area contributed by atoms with Gasteiger partial charge in [-0.25, -0.2) is 0 Å². The van der Waals surface area contributed by atoms with Crippen LogP contribution < -0.4 is 5.32 Å². The van der Waals surface area contributed by atoms with E-state index in [1.807, 2.05) is 48.5 Å². The van der Waals surface area contributed by atoms with Crippen LogP contribution in [0.15, 0.2) is 48.5 Å². The van der Waals surface area contributed by atoms with Gasteiger partial charge in [0.05, 0.1) is 17.9 Å². The molecule has 4 atom stereocenters. The highest BCUT2D eigenvalue weighted by Gasteiger charge is 2.52. The Morgan fingerprint density at radius 2 is 1.82 bits per heavy atom. The second kappa shape index (κ2) is 9.31. The average molecular weight is 488 g/mol. The molecule has 176 valence electrons. The molecule has 2 aliphatic rings. The number of hydrogen-bond acceptors (Lipinski definition) is 2. The third-order valence-electron chi connectivity index (χ3n) is 7.89. The number of carbonyl (C=O) groups excluding carboxylic acids is 1. The number of nitrogens with one attached hydrogen (secondary N) is 1. The number of carboxylic acids is 1. The molecule has 6 heteroatoms. The molecule has 2 aromatic rings. The molecule has 0 spiro atoms. The van der Waals surface area contributed by atoms with E-state index in [0.717, 1.165) is 30.4 Å². The van der Waals surface area contributed by atoms with Crippen LogP contribution in [0.5, 0.6) is 0 Å². The van der Waals surface area contributed by atoms with Gasteiger partial charge in [-0.05, 0) is 72.4 Å². The van der Waals surface area contributed by atoms with Crippen molar-refractivity contribution < 1.29 is 14.7 Å². The quantitative estimate of drug-likeness (QED) is 0.459. The number of amides is 1. The van der Waals surface area contributed by atoms with Gasteiger partial charge in [-0.3, -0.25) is 9.59 Å². The minimum Gasteiger partial charge on any atom is -0.481 e. The van der Waals surface area contributed by atoms with Crippen molar-refractivity contribution >= 4 is 35.1 Å². The van der Waals surface area contributed by atoms with E-state index in [4.69, 9.17) is 23.2 Å². The molecule has 4 nitrogen and oxygen atoms in total. The second-order valence-electron chi connectivity index (χ2n) is 10.5. The standard InChI is InChI=1S/C27H31Cl2NO3/c1-26(2)12-4-6-19(26)14-27(16-23(31)32)15-22(18-5-3-7-21(29)13-18)24(30-25(27)33)17-8-10-20(28)11-9-17/h3,5,7-11,13,19,22,24H,4,6,12,14-16H2,1-2H3,(H,30,33)(H,31,32)/t19?,22-,24-,27-/m1/s1. The zero-order chi connectivity index (χ0) is 23.8. The molecule has 2 fully saturated rings. The Bertz CT molecular complexity index is 1040. The maximum absolute atomic E-state index is 13.7. The van der Waals surface area contributed by atoms with Crippen LogP contribution in [0, 0.1) is 16.7 Å². The molecule has 1 saturated heterocycles. The molecule has 0 aromatic heterocycles. The first-order valence-corrected chi connectivity index (χ1v) is 12.4. The highest BCUT2D eigenvalue weighted by atomic mass is 35.5. The highest BCUT2D eigenvalue weighted by Crippen LogP contribution is 2.54. The number of hydrogen-bond donors (Lipinski definition) is 2. The minimum atomic E-state index is -0.964. The van der Waals surface area contributed by atoms with Crippen LogP contribution in [0.1, 0.15) is 75.5 Å². The smallest absolute Gasteiger partial charge is 0.304 e. The molecule has 1 amide bonds. The second-order valence-corrected chi connectivity index (χ2v) is 11.4. The van der Waals surface area contributed by atoms with Gasteiger partial charge >= 0.3 is 5.97 Å². The van der Waals surface area contributed by atoms with E-state index < -0.39 is 11.4 Å². The van der Waals surface area contributed by atoms with Crippen molar-refractivity contribution in [2.24, 2.45) is 16.7 Å². The molecule has 1 saturated carbocycles. The monoisotopic (exact) mass is 487 g/mol. The van der Waals surface area contributed by atoms with Crippen molar-refractivity contribution in [2.75, 3.05) is 0 Å². The van der Waals surface area contributed by atoms with Crippen molar-refractivity contribution in [2.45, 2.75) is 64.3 Å². The van der Waals surface area contributed by atoms with Crippen molar-refractivity contribution in [1.82, 2.24) is 5.32 Å². The zero-order valence-electron chi connectivity index (χ0n) is 19.1. The van der Waals surface area contributed by atoms with E-state index in [0.29, 0.717) is 28.8 Å². The molecule has 1 aliphatic heterocycles. The number of rotatable bonds is 6. The summed E-state index contributed by atoms with van der Waals surface area (Å²) < 4.78 is 0. The molecular weight excluding hydrogens is 457 g/mol. The third kappa shape index (κ3) is 5.07. The molecule has 1 aliphatic carbocycles. The molecular formula is C27H31Cl2NO3. The number of carboxylic acid groups (broad SMARTS) is 1. The number of halogens is 2. The predicted molar refractivity (Wildman–Crippen MR) is 132 cm³/mol. The summed E-state index contributed by atoms with van der Waals surface area (Å²) in [6.45, 7) is 4.48. The molecule has 1 heterocycles. The summed E-state index contributed by atoms with van der Waals surface area (Å²) in [4.78, 5) is 25.7. The molecule has 0 bridgehead atoms. The van der Waals surface area contributed by atoms with E-state index in [2.05, 4.69) is 19.2 Å². The fourth-order valence-corrected chi connectivity index (χ4v) is 6.32. The van der Waals surface area contributed by atoms with Crippen LogP contribution in [0.25, 0.3) is 0 Å². The van der Waals surface area contributed by atoms with Crippen LogP contribution in [0.4, 0.5) is 0 Å². The summed E-state index contributed by atoms with van der Waals surface area (Å²) in [6.07, 6.45) is 4.13. The van der Waals surface area contributed by atoms with Gasteiger partial charge in [0.15, 0.2) is 0 Å². The Morgan fingerprint density at radius 3 is 2.42 bits per heavy atom. The molecule has 2 N–H and O–H groups in total. The predicted octanol–water partition coefficient (Wildman–Crippen LogP) is 7.02. The normalized spacial score (nSPS) is 29.0. The van der Waals surface area contributed by atoms with Gasteiger partial charge in [-0.1, -0.05) is 67.7 Å². The van der Waals surface area contributed by atoms with Crippen LogP contribution in [-0.2, 0) is 9.59 Å². The first-order chi connectivity index (χ1) is 15.6. The molecule has 1 unspecified atom stereocenters. The Kier molecular flexibility index (Phi) is 6.80. The van der Waals surface area contributed by atoms with Crippen molar-refractivity contribution in [3.63, 3.8) is 0 Å². The highest BCUT2D eigenvalue weighted by molar-refractivity contribution is 6.30. The number of piperidine rings is 1. The summed E-state index contributed by atoms with van der Waals surface area (Å²) >= 11 is 12.4. The lowest BCUT2D eigenvalue weighted by atomic mass is 9.62. The molecule has 0 radical (unpaired) electrons. The summed E-state index contributed by atoms with van der Waals surface area (Å²) in [5.41, 5.74) is 1.09. The fraction of sp³-hybridized carbons (Fsp3) is 0.481. The summed E-state index contributed by atoms with van der Waals surface area (Å²) in [7, 11) is 0. The van der Waals surface area contributed by atoms with Crippen LogP contribution in [0.3, 0.4) is 0 Å². The van der Waals surface area contributed by atoms with Crippen molar-refractivity contribution in [3.8, 4) is 0 Å². The van der Waals surface area contributed by atoms with E-state index in [1.165, 1.54) is 0 Å². The van der Waals surface area contributed by atoms with Gasteiger partial charge in [-0.15, -0.1) is 0 Å². The Hall–Kier alpha value is -2.04. The largest absolute Gasteiger partial charge is 0.481 e. The topological polar surface area (TPSA) is 66.4 Å². The van der Waals surface area contributed by atoms with Gasteiger partial charge < -0.3 is 10.4 Å². The van der Waals surface area contributed by atoms with E-state index in [9.17, 15) is 14.7 Å². The minimum absolute atomic E-state index is 0.102. The summed E-state index contributed by atoms with van der Waals surface area (Å²) in [6, 6.07) is 14.9. The number of carbonyl (C=O) groups is 2. The lowest BCUT2D eigenvalue weighted by molar-refractivity contribution is -0.150. The lowest BCUT2D eigenvalue weighted by Crippen LogP contribution is -2.52. The van der Waals surface area contributed by atoms with Gasteiger partial charge in [0.25, 0.3) is 0 Å².